The van der Waals surface area contributed by atoms with Crippen LogP contribution in [-0.4, -0.2) is 55.1 Å². The van der Waals surface area contributed by atoms with Crippen LogP contribution in [0.25, 0.3) is 0 Å². The molecule has 1 heterocycles. The Balaban J connectivity index is 2.06. The molecule has 0 spiro atoms. The maximum Gasteiger partial charge on any atom is 0.409 e. The number of hydrogen-bond acceptors (Lipinski definition) is 3. The molecule has 2 rings (SSSR count). The van der Waals surface area contributed by atoms with Crippen molar-refractivity contribution < 1.29 is 14.3 Å². The van der Waals surface area contributed by atoms with Gasteiger partial charge in [0.2, 0.25) is 5.91 Å². The summed E-state index contributed by atoms with van der Waals surface area (Å²) >= 11 is 0. The van der Waals surface area contributed by atoms with Gasteiger partial charge in [-0.2, -0.15) is 0 Å². The fraction of sp³-hybridized carbons (Fsp3) is 0.556. The van der Waals surface area contributed by atoms with Gasteiger partial charge in [-0.25, -0.2) is 4.79 Å². The Morgan fingerprint density at radius 3 is 1.91 bits per heavy atom. The third kappa shape index (κ3) is 3.66. The zero-order chi connectivity index (χ0) is 17.1. The van der Waals surface area contributed by atoms with E-state index in [0.29, 0.717) is 32.6 Å². The van der Waals surface area contributed by atoms with Gasteiger partial charge in [0.25, 0.3) is 0 Å². The van der Waals surface area contributed by atoms with Crippen LogP contribution in [0.3, 0.4) is 0 Å². The maximum absolute atomic E-state index is 12.6. The number of carbonyl (C=O) groups excluding carboxylic acids is 2. The third-order valence-corrected chi connectivity index (χ3v) is 4.91. The molecule has 1 aromatic carbocycles. The van der Waals surface area contributed by atoms with Crippen LogP contribution < -0.4 is 0 Å². The summed E-state index contributed by atoms with van der Waals surface area (Å²) in [4.78, 5) is 27.6. The number of rotatable bonds is 2. The van der Waals surface area contributed by atoms with Gasteiger partial charge in [0.05, 0.1) is 13.5 Å². The van der Waals surface area contributed by atoms with Gasteiger partial charge < -0.3 is 14.5 Å². The summed E-state index contributed by atoms with van der Waals surface area (Å²) in [6.07, 6.45) is 0.108. The number of amides is 2. The lowest BCUT2D eigenvalue weighted by molar-refractivity contribution is -0.132. The Morgan fingerprint density at radius 2 is 1.43 bits per heavy atom. The number of aryl methyl sites for hydroxylation is 2. The van der Waals surface area contributed by atoms with E-state index in [4.69, 9.17) is 4.74 Å². The first-order valence-electron chi connectivity index (χ1n) is 8.02. The summed E-state index contributed by atoms with van der Waals surface area (Å²) in [6.45, 7) is 10.5. The summed E-state index contributed by atoms with van der Waals surface area (Å²) in [5.41, 5.74) is 6.00. The molecular weight excluding hydrogens is 292 g/mol. The standard InChI is InChI=1S/C18H26N2O3/c1-12-10-13(2)15(4)16(14(12)3)11-17(21)19-6-8-20(9-7-19)18(22)23-5/h10H,6-9,11H2,1-5H3. The first-order chi connectivity index (χ1) is 10.8. The molecule has 1 aliphatic heterocycles. The predicted octanol–water partition coefficient (Wildman–Crippen LogP) is 2.37. The lowest BCUT2D eigenvalue weighted by Crippen LogP contribution is -2.51. The van der Waals surface area contributed by atoms with Gasteiger partial charge in [0, 0.05) is 26.2 Å². The van der Waals surface area contributed by atoms with Gasteiger partial charge in [-0.3, -0.25) is 4.79 Å². The number of methoxy groups -OCH3 is 1. The summed E-state index contributed by atoms with van der Waals surface area (Å²) in [5.74, 6) is 0.130. The Bertz CT molecular complexity index is 591. The molecule has 0 saturated carbocycles. The molecular formula is C18H26N2O3. The van der Waals surface area contributed by atoms with Crippen molar-refractivity contribution >= 4 is 12.0 Å². The Morgan fingerprint density at radius 1 is 0.957 bits per heavy atom. The molecule has 1 aromatic rings. The van der Waals surface area contributed by atoms with E-state index < -0.39 is 0 Å². The van der Waals surface area contributed by atoms with Gasteiger partial charge in [-0.15, -0.1) is 0 Å². The van der Waals surface area contributed by atoms with Crippen LogP contribution in [0, 0.1) is 27.7 Å². The van der Waals surface area contributed by atoms with Crippen LogP contribution >= 0.6 is 0 Å². The van der Waals surface area contributed by atoms with Crippen molar-refractivity contribution in [1.29, 1.82) is 0 Å². The highest BCUT2D eigenvalue weighted by Crippen LogP contribution is 2.23. The molecule has 0 N–H and O–H groups in total. The lowest BCUT2D eigenvalue weighted by Gasteiger charge is -2.34. The average molecular weight is 318 g/mol. The first-order valence-corrected chi connectivity index (χ1v) is 8.02. The molecule has 126 valence electrons. The van der Waals surface area contributed by atoms with E-state index in [9.17, 15) is 9.59 Å². The minimum atomic E-state index is -0.321. The second-order valence-corrected chi connectivity index (χ2v) is 6.25. The van der Waals surface area contributed by atoms with Gasteiger partial charge in [-0.05, 0) is 55.5 Å². The fourth-order valence-electron chi connectivity index (χ4n) is 3.09. The largest absolute Gasteiger partial charge is 0.453 e. The Hall–Kier alpha value is -2.04. The zero-order valence-corrected chi connectivity index (χ0v) is 14.7. The van der Waals surface area contributed by atoms with Crippen LogP contribution in [0.1, 0.15) is 27.8 Å². The van der Waals surface area contributed by atoms with E-state index in [2.05, 4.69) is 33.8 Å². The van der Waals surface area contributed by atoms with Crippen molar-refractivity contribution in [3.05, 3.63) is 33.9 Å². The number of ether oxygens (including phenoxy) is 1. The highest BCUT2D eigenvalue weighted by Gasteiger charge is 2.25. The summed E-state index contributed by atoms with van der Waals surface area (Å²) in [5, 5.41) is 0. The van der Waals surface area contributed by atoms with Crippen LogP contribution in [0.4, 0.5) is 4.79 Å². The van der Waals surface area contributed by atoms with E-state index in [1.165, 1.54) is 29.4 Å². The highest BCUT2D eigenvalue weighted by molar-refractivity contribution is 5.80. The second kappa shape index (κ2) is 7.02. The van der Waals surface area contributed by atoms with Crippen LogP contribution in [0.15, 0.2) is 6.07 Å². The van der Waals surface area contributed by atoms with Crippen LogP contribution in [0.2, 0.25) is 0 Å². The molecule has 0 radical (unpaired) electrons. The first kappa shape index (κ1) is 17.3. The summed E-state index contributed by atoms with van der Waals surface area (Å²) in [6, 6.07) is 2.17. The van der Waals surface area contributed by atoms with Gasteiger partial charge >= 0.3 is 6.09 Å². The molecule has 0 atom stereocenters. The number of benzene rings is 1. The summed E-state index contributed by atoms with van der Waals surface area (Å²) in [7, 11) is 1.38. The van der Waals surface area contributed by atoms with Crippen molar-refractivity contribution in [3.8, 4) is 0 Å². The molecule has 1 saturated heterocycles. The van der Waals surface area contributed by atoms with Crippen molar-refractivity contribution in [2.24, 2.45) is 0 Å². The monoisotopic (exact) mass is 318 g/mol. The van der Waals surface area contributed by atoms with Gasteiger partial charge in [-0.1, -0.05) is 6.07 Å². The highest BCUT2D eigenvalue weighted by atomic mass is 16.5. The zero-order valence-electron chi connectivity index (χ0n) is 14.7. The maximum atomic E-state index is 12.6. The van der Waals surface area contributed by atoms with E-state index in [0.717, 1.165) is 5.56 Å². The topological polar surface area (TPSA) is 49.9 Å². The van der Waals surface area contributed by atoms with Gasteiger partial charge in [0.15, 0.2) is 0 Å². The SMILES string of the molecule is COC(=O)N1CCN(C(=O)Cc2c(C)c(C)cc(C)c2C)CC1. The molecule has 0 unspecified atom stereocenters. The predicted molar refractivity (Wildman–Crippen MR) is 89.7 cm³/mol. The second-order valence-electron chi connectivity index (χ2n) is 6.25. The number of nitrogens with zero attached hydrogens (tertiary/aromatic N) is 2. The molecule has 5 heteroatoms. The molecule has 0 aliphatic carbocycles. The minimum Gasteiger partial charge on any atom is -0.453 e. The number of carbonyl (C=O) groups is 2. The molecule has 0 bridgehead atoms. The van der Waals surface area contributed by atoms with E-state index in [1.54, 1.807) is 4.90 Å². The fourth-order valence-corrected chi connectivity index (χ4v) is 3.09. The normalized spacial score (nSPS) is 14.8. The van der Waals surface area contributed by atoms with Crippen molar-refractivity contribution in [2.75, 3.05) is 33.3 Å². The molecule has 0 aromatic heterocycles. The number of hydrogen-bond donors (Lipinski definition) is 0. The quantitative estimate of drug-likeness (QED) is 0.841. The van der Waals surface area contributed by atoms with E-state index in [1.807, 2.05) is 4.90 Å². The third-order valence-electron chi connectivity index (χ3n) is 4.91. The molecule has 5 nitrogen and oxygen atoms in total. The minimum absolute atomic E-state index is 0.130. The van der Waals surface area contributed by atoms with Crippen LogP contribution in [-0.2, 0) is 16.0 Å². The van der Waals surface area contributed by atoms with Crippen LogP contribution in [0.5, 0.6) is 0 Å². The summed E-state index contributed by atoms with van der Waals surface area (Å²) < 4.78 is 4.72. The molecule has 1 fully saturated rings. The van der Waals surface area contributed by atoms with Crippen molar-refractivity contribution in [1.82, 2.24) is 9.80 Å². The Labute approximate surface area is 138 Å². The lowest BCUT2D eigenvalue weighted by atomic mass is 9.92. The smallest absolute Gasteiger partial charge is 0.409 e. The Kier molecular flexibility index (Phi) is 5.29. The van der Waals surface area contributed by atoms with E-state index in [-0.39, 0.29) is 12.0 Å². The molecule has 23 heavy (non-hydrogen) atoms. The molecule has 2 amide bonds. The van der Waals surface area contributed by atoms with Crippen molar-refractivity contribution in [2.45, 2.75) is 34.1 Å². The van der Waals surface area contributed by atoms with Gasteiger partial charge in [0.1, 0.15) is 0 Å². The number of piperazine rings is 1. The molecule has 1 aliphatic rings. The van der Waals surface area contributed by atoms with E-state index >= 15 is 0 Å². The van der Waals surface area contributed by atoms with Crippen molar-refractivity contribution in [3.63, 3.8) is 0 Å². The average Bonchev–Trinajstić information content (AvgIpc) is 2.56.